The van der Waals surface area contributed by atoms with Crippen LogP contribution >= 0.6 is 0 Å². The fraction of sp³-hybridized carbons (Fsp3) is 0.350. The molecule has 25 heavy (non-hydrogen) atoms. The second kappa shape index (κ2) is 7.47. The molecule has 1 fully saturated rings. The van der Waals surface area contributed by atoms with Gasteiger partial charge in [-0.15, -0.1) is 0 Å². The molecule has 2 aromatic rings. The van der Waals surface area contributed by atoms with Crippen molar-refractivity contribution in [3.63, 3.8) is 0 Å². The Morgan fingerprint density at radius 2 is 2.08 bits per heavy atom. The minimum absolute atomic E-state index is 0.00306. The largest absolute Gasteiger partial charge is 0.481 e. The van der Waals surface area contributed by atoms with E-state index in [-0.39, 0.29) is 17.7 Å². The third-order valence-electron chi connectivity index (χ3n) is 4.47. The van der Waals surface area contributed by atoms with Gasteiger partial charge in [-0.1, -0.05) is 18.2 Å². The molecule has 1 aliphatic heterocycles. The van der Waals surface area contributed by atoms with E-state index in [1.807, 2.05) is 23.1 Å². The van der Waals surface area contributed by atoms with Gasteiger partial charge in [0.25, 0.3) is 5.91 Å². The number of aromatic nitrogens is 1. The average Bonchev–Trinajstić information content (AvgIpc) is 3.11. The second-order valence-corrected chi connectivity index (χ2v) is 6.29. The Balaban J connectivity index is 1.71. The zero-order chi connectivity index (χ0) is 17.8. The molecule has 0 bridgehead atoms. The summed E-state index contributed by atoms with van der Waals surface area (Å²) in [4.78, 5) is 30.6. The molecule has 0 N–H and O–H groups in total. The SMILES string of the molecule is CC(=O)c1cccc(O[C@@H](C)C(=O)N2CCC[C@@H]2c2ccccn2)c1. The normalized spacial score (nSPS) is 18.0. The first-order valence-electron chi connectivity index (χ1n) is 8.55. The van der Waals surface area contributed by atoms with Crippen molar-refractivity contribution in [2.24, 2.45) is 0 Å². The number of ether oxygens (including phenoxy) is 1. The van der Waals surface area contributed by atoms with E-state index >= 15 is 0 Å². The number of rotatable bonds is 5. The lowest BCUT2D eigenvalue weighted by Crippen LogP contribution is -2.40. The van der Waals surface area contributed by atoms with Crippen LogP contribution in [0.1, 0.15) is 48.8 Å². The van der Waals surface area contributed by atoms with Gasteiger partial charge in [0.05, 0.1) is 11.7 Å². The standard InChI is InChI=1S/C20H22N2O3/c1-14(23)16-7-5-8-17(13-16)25-15(2)20(24)22-12-6-10-19(22)18-9-3-4-11-21-18/h3-5,7-9,11,13,15,19H,6,10,12H2,1-2H3/t15-,19+/m0/s1. The highest BCUT2D eigenvalue weighted by molar-refractivity contribution is 5.94. The molecule has 0 radical (unpaired) electrons. The number of benzene rings is 1. The summed E-state index contributed by atoms with van der Waals surface area (Å²) in [6.45, 7) is 3.97. The van der Waals surface area contributed by atoms with Gasteiger partial charge in [-0.25, -0.2) is 0 Å². The van der Waals surface area contributed by atoms with Crippen molar-refractivity contribution in [3.05, 3.63) is 59.9 Å². The summed E-state index contributed by atoms with van der Waals surface area (Å²) in [6.07, 6.45) is 3.00. The van der Waals surface area contributed by atoms with Crippen molar-refractivity contribution in [2.75, 3.05) is 6.54 Å². The summed E-state index contributed by atoms with van der Waals surface area (Å²) >= 11 is 0. The number of hydrogen-bond donors (Lipinski definition) is 0. The maximum Gasteiger partial charge on any atom is 0.263 e. The molecule has 2 heterocycles. The molecule has 0 spiro atoms. The van der Waals surface area contributed by atoms with Crippen LogP contribution in [-0.2, 0) is 4.79 Å². The van der Waals surface area contributed by atoms with E-state index in [0.717, 1.165) is 18.5 Å². The Hall–Kier alpha value is -2.69. The van der Waals surface area contributed by atoms with Gasteiger partial charge in [-0.05, 0) is 51.0 Å². The molecule has 0 unspecified atom stereocenters. The van der Waals surface area contributed by atoms with Crippen LogP contribution in [0.3, 0.4) is 0 Å². The smallest absolute Gasteiger partial charge is 0.263 e. The zero-order valence-electron chi connectivity index (χ0n) is 14.5. The van der Waals surface area contributed by atoms with Crippen molar-refractivity contribution >= 4 is 11.7 Å². The number of carbonyl (C=O) groups excluding carboxylic acids is 2. The topological polar surface area (TPSA) is 59.5 Å². The fourth-order valence-electron chi connectivity index (χ4n) is 3.19. The van der Waals surface area contributed by atoms with Crippen molar-refractivity contribution < 1.29 is 14.3 Å². The quantitative estimate of drug-likeness (QED) is 0.784. The molecule has 130 valence electrons. The first kappa shape index (κ1) is 17.1. The van der Waals surface area contributed by atoms with Crippen molar-refractivity contribution in [1.29, 1.82) is 0 Å². The summed E-state index contributed by atoms with van der Waals surface area (Å²) in [5.41, 5.74) is 1.49. The summed E-state index contributed by atoms with van der Waals surface area (Å²) < 4.78 is 5.80. The van der Waals surface area contributed by atoms with Crippen LogP contribution in [0.4, 0.5) is 0 Å². The number of amides is 1. The van der Waals surface area contributed by atoms with Crippen LogP contribution in [0, 0.1) is 0 Å². The minimum Gasteiger partial charge on any atom is -0.481 e. The van der Waals surface area contributed by atoms with Gasteiger partial charge in [0.15, 0.2) is 11.9 Å². The van der Waals surface area contributed by atoms with E-state index in [9.17, 15) is 9.59 Å². The van der Waals surface area contributed by atoms with Crippen LogP contribution in [0.5, 0.6) is 5.75 Å². The molecule has 1 amide bonds. The van der Waals surface area contributed by atoms with Crippen molar-refractivity contribution in [1.82, 2.24) is 9.88 Å². The summed E-state index contributed by atoms with van der Waals surface area (Å²) in [5, 5.41) is 0. The van der Waals surface area contributed by atoms with E-state index in [1.165, 1.54) is 6.92 Å². The van der Waals surface area contributed by atoms with E-state index < -0.39 is 6.10 Å². The molecule has 1 aromatic heterocycles. The number of hydrogen-bond acceptors (Lipinski definition) is 4. The number of Topliss-reactive ketones (excluding diaryl/α,β-unsaturated/α-hetero) is 1. The maximum atomic E-state index is 12.9. The lowest BCUT2D eigenvalue weighted by Gasteiger charge is -2.27. The molecule has 1 saturated heterocycles. The van der Waals surface area contributed by atoms with Gasteiger partial charge in [-0.2, -0.15) is 0 Å². The Morgan fingerprint density at radius 1 is 1.24 bits per heavy atom. The number of ketones is 1. The van der Waals surface area contributed by atoms with Gasteiger partial charge in [0, 0.05) is 18.3 Å². The van der Waals surface area contributed by atoms with Crippen LogP contribution in [0.2, 0.25) is 0 Å². The van der Waals surface area contributed by atoms with E-state index in [1.54, 1.807) is 37.4 Å². The number of pyridine rings is 1. The molecule has 2 atom stereocenters. The Kier molecular flexibility index (Phi) is 5.12. The first-order chi connectivity index (χ1) is 12.1. The number of nitrogens with zero attached hydrogens (tertiary/aromatic N) is 2. The van der Waals surface area contributed by atoms with Gasteiger partial charge in [-0.3, -0.25) is 14.6 Å². The van der Waals surface area contributed by atoms with Crippen LogP contribution in [-0.4, -0.2) is 34.2 Å². The summed E-state index contributed by atoms with van der Waals surface area (Å²) in [7, 11) is 0. The van der Waals surface area contributed by atoms with Gasteiger partial charge < -0.3 is 9.64 Å². The van der Waals surface area contributed by atoms with E-state index in [2.05, 4.69) is 4.98 Å². The van der Waals surface area contributed by atoms with E-state index in [4.69, 9.17) is 4.74 Å². The molecule has 5 heteroatoms. The van der Waals surface area contributed by atoms with Gasteiger partial charge in [0.1, 0.15) is 5.75 Å². The fourth-order valence-corrected chi connectivity index (χ4v) is 3.19. The zero-order valence-corrected chi connectivity index (χ0v) is 14.5. The highest BCUT2D eigenvalue weighted by Gasteiger charge is 2.33. The number of carbonyl (C=O) groups is 2. The first-order valence-corrected chi connectivity index (χ1v) is 8.55. The molecular weight excluding hydrogens is 316 g/mol. The molecular formula is C20H22N2O3. The molecule has 0 aliphatic carbocycles. The Labute approximate surface area is 147 Å². The molecule has 5 nitrogen and oxygen atoms in total. The molecule has 0 saturated carbocycles. The molecule has 1 aromatic carbocycles. The lowest BCUT2D eigenvalue weighted by atomic mass is 10.1. The van der Waals surface area contributed by atoms with Crippen molar-refractivity contribution in [2.45, 2.75) is 38.8 Å². The third kappa shape index (κ3) is 3.87. The highest BCUT2D eigenvalue weighted by atomic mass is 16.5. The predicted octanol–water partition coefficient (Wildman–Crippen LogP) is 3.42. The van der Waals surface area contributed by atoms with Gasteiger partial charge in [0.2, 0.25) is 0 Å². The predicted molar refractivity (Wildman–Crippen MR) is 94.5 cm³/mol. The number of likely N-dealkylation sites (tertiary alicyclic amines) is 1. The van der Waals surface area contributed by atoms with Crippen LogP contribution in [0.15, 0.2) is 48.7 Å². The Bertz CT molecular complexity index is 761. The maximum absolute atomic E-state index is 12.9. The second-order valence-electron chi connectivity index (χ2n) is 6.29. The third-order valence-corrected chi connectivity index (χ3v) is 4.47. The van der Waals surface area contributed by atoms with Gasteiger partial charge >= 0.3 is 0 Å². The molecule has 1 aliphatic rings. The van der Waals surface area contributed by atoms with E-state index in [0.29, 0.717) is 17.9 Å². The minimum atomic E-state index is -0.619. The van der Waals surface area contributed by atoms with Crippen molar-refractivity contribution in [3.8, 4) is 5.75 Å². The molecule has 3 rings (SSSR count). The summed E-state index contributed by atoms with van der Waals surface area (Å²) in [6, 6.07) is 12.7. The highest BCUT2D eigenvalue weighted by Crippen LogP contribution is 2.31. The van der Waals surface area contributed by atoms with Crippen LogP contribution in [0.25, 0.3) is 0 Å². The Morgan fingerprint density at radius 3 is 2.80 bits per heavy atom. The van der Waals surface area contributed by atoms with Crippen LogP contribution < -0.4 is 4.74 Å². The summed E-state index contributed by atoms with van der Waals surface area (Å²) in [5.74, 6) is 0.447. The monoisotopic (exact) mass is 338 g/mol. The lowest BCUT2D eigenvalue weighted by molar-refractivity contribution is -0.139. The average molecular weight is 338 g/mol.